The summed E-state index contributed by atoms with van der Waals surface area (Å²) in [6.45, 7) is 0.328. The molecule has 1 aromatic heterocycles. The van der Waals surface area contributed by atoms with E-state index in [1.165, 1.54) is 14.2 Å². The Kier molecular flexibility index (Phi) is 6.80. The second kappa shape index (κ2) is 10.1. The zero-order valence-electron chi connectivity index (χ0n) is 18.1. The summed E-state index contributed by atoms with van der Waals surface area (Å²) < 4.78 is 18.6. The number of hydrogen-bond acceptors (Lipinski definition) is 5. The van der Waals surface area contributed by atoms with Crippen molar-refractivity contribution in [3.63, 3.8) is 0 Å². The van der Waals surface area contributed by atoms with Crippen molar-refractivity contribution in [3.8, 4) is 22.9 Å². The fourth-order valence-electron chi connectivity index (χ4n) is 3.30. The van der Waals surface area contributed by atoms with Gasteiger partial charge in [-0.05, 0) is 42.0 Å². The van der Waals surface area contributed by atoms with Crippen molar-refractivity contribution in [1.29, 1.82) is 0 Å². The van der Waals surface area contributed by atoms with E-state index in [0.29, 0.717) is 45.8 Å². The summed E-state index contributed by atoms with van der Waals surface area (Å²) in [6, 6.07) is 19.9. The lowest BCUT2D eigenvalue weighted by Gasteiger charge is -2.17. The molecule has 8 heteroatoms. The minimum absolute atomic E-state index is 0.328. The van der Waals surface area contributed by atoms with Crippen LogP contribution in [0.1, 0.15) is 15.9 Å². The predicted molar refractivity (Wildman–Crippen MR) is 127 cm³/mol. The van der Waals surface area contributed by atoms with Crippen LogP contribution >= 0.6 is 11.6 Å². The topological polar surface area (TPSA) is 74.6 Å². The standard InChI is InChI=1S/C25H22ClN3O4/c1-31-22-13-18(14-23(32-2)24(22)33-16-17-7-4-3-5-8-17)25(30)28-20-15-19(26)9-10-21(20)29-12-6-11-27-29/h3-15H,16H2,1-2H3,(H,28,30). The number of nitrogens with one attached hydrogen (secondary N) is 1. The number of aromatic nitrogens is 2. The summed E-state index contributed by atoms with van der Waals surface area (Å²) in [5, 5.41) is 7.62. The molecule has 0 bridgehead atoms. The van der Waals surface area contributed by atoms with Crippen molar-refractivity contribution < 1.29 is 19.0 Å². The van der Waals surface area contributed by atoms with Gasteiger partial charge >= 0.3 is 0 Å². The highest BCUT2D eigenvalue weighted by atomic mass is 35.5. The van der Waals surface area contributed by atoms with Gasteiger partial charge in [-0.15, -0.1) is 0 Å². The van der Waals surface area contributed by atoms with E-state index < -0.39 is 0 Å². The highest BCUT2D eigenvalue weighted by Crippen LogP contribution is 2.39. The molecule has 4 rings (SSSR count). The van der Waals surface area contributed by atoms with Gasteiger partial charge in [-0.3, -0.25) is 4.79 Å². The summed E-state index contributed by atoms with van der Waals surface area (Å²) >= 11 is 6.17. The van der Waals surface area contributed by atoms with E-state index in [2.05, 4.69) is 10.4 Å². The Morgan fingerprint density at radius 2 is 1.73 bits per heavy atom. The third-order valence-corrected chi connectivity index (χ3v) is 5.14. The number of rotatable bonds is 8. The molecular weight excluding hydrogens is 442 g/mol. The van der Waals surface area contributed by atoms with Gasteiger partial charge < -0.3 is 19.5 Å². The van der Waals surface area contributed by atoms with Crippen LogP contribution < -0.4 is 19.5 Å². The van der Waals surface area contributed by atoms with Crippen LogP contribution in [-0.4, -0.2) is 29.9 Å². The molecule has 0 fully saturated rings. The van der Waals surface area contributed by atoms with Crippen LogP contribution in [0, 0.1) is 0 Å². The lowest BCUT2D eigenvalue weighted by molar-refractivity contribution is 0.102. The third kappa shape index (κ3) is 5.10. The Labute approximate surface area is 196 Å². The van der Waals surface area contributed by atoms with Gasteiger partial charge in [0.05, 0.1) is 25.6 Å². The van der Waals surface area contributed by atoms with E-state index in [1.54, 1.807) is 53.5 Å². The first kappa shape index (κ1) is 22.2. The van der Waals surface area contributed by atoms with Gasteiger partial charge in [0.25, 0.3) is 5.91 Å². The molecule has 0 radical (unpaired) electrons. The summed E-state index contributed by atoms with van der Waals surface area (Å²) in [7, 11) is 3.03. The van der Waals surface area contributed by atoms with Gasteiger partial charge in [-0.2, -0.15) is 5.10 Å². The smallest absolute Gasteiger partial charge is 0.256 e. The molecule has 0 aliphatic heterocycles. The molecule has 7 nitrogen and oxygen atoms in total. The Morgan fingerprint density at radius 3 is 2.36 bits per heavy atom. The monoisotopic (exact) mass is 463 g/mol. The number of methoxy groups -OCH3 is 2. The van der Waals surface area contributed by atoms with Gasteiger partial charge in [-0.1, -0.05) is 41.9 Å². The van der Waals surface area contributed by atoms with E-state index in [0.717, 1.165) is 5.56 Å². The zero-order chi connectivity index (χ0) is 23.2. The maximum absolute atomic E-state index is 13.1. The van der Waals surface area contributed by atoms with Crippen molar-refractivity contribution in [3.05, 3.63) is 95.3 Å². The predicted octanol–water partition coefficient (Wildman–Crippen LogP) is 5.37. The molecule has 1 N–H and O–H groups in total. The van der Waals surface area contributed by atoms with Crippen LogP contribution in [0.15, 0.2) is 79.1 Å². The molecule has 0 saturated heterocycles. The number of hydrogen-bond donors (Lipinski definition) is 1. The quantitative estimate of drug-likeness (QED) is 0.380. The molecule has 3 aromatic carbocycles. The number of anilines is 1. The minimum Gasteiger partial charge on any atom is -0.493 e. The van der Waals surface area contributed by atoms with Gasteiger partial charge in [0, 0.05) is 23.0 Å². The Balaban J connectivity index is 1.62. The number of nitrogens with zero attached hydrogens (tertiary/aromatic N) is 2. The largest absolute Gasteiger partial charge is 0.493 e. The van der Waals surface area contributed by atoms with Crippen molar-refractivity contribution in [2.75, 3.05) is 19.5 Å². The molecule has 168 valence electrons. The number of carbonyl (C=O) groups is 1. The summed E-state index contributed by atoms with van der Waals surface area (Å²) in [5.41, 5.74) is 2.52. The molecule has 0 atom stereocenters. The van der Waals surface area contributed by atoms with E-state index in [1.807, 2.05) is 30.3 Å². The SMILES string of the molecule is COc1cc(C(=O)Nc2cc(Cl)ccc2-n2cccn2)cc(OC)c1OCc1ccccc1. The van der Waals surface area contributed by atoms with Crippen molar-refractivity contribution in [2.45, 2.75) is 6.61 Å². The summed E-state index contributed by atoms with van der Waals surface area (Å²) in [5.74, 6) is 0.819. The van der Waals surface area contributed by atoms with Crippen molar-refractivity contribution in [2.24, 2.45) is 0 Å². The molecule has 0 aliphatic rings. The van der Waals surface area contributed by atoms with Crippen LogP contribution in [0.3, 0.4) is 0 Å². The first-order valence-electron chi connectivity index (χ1n) is 10.1. The van der Waals surface area contributed by atoms with E-state index in [9.17, 15) is 4.79 Å². The second-order valence-electron chi connectivity index (χ2n) is 7.05. The molecule has 1 amide bonds. The fraction of sp³-hybridized carbons (Fsp3) is 0.120. The van der Waals surface area contributed by atoms with Gasteiger partial charge in [0.1, 0.15) is 6.61 Å². The highest BCUT2D eigenvalue weighted by molar-refractivity contribution is 6.31. The van der Waals surface area contributed by atoms with Crippen molar-refractivity contribution >= 4 is 23.2 Å². The molecule has 0 aliphatic carbocycles. The van der Waals surface area contributed by atoms with Gasteiger partial charge in [0.2, 0.25) is 5.75 Å². The maximum atomic E-state index is 13.1. The summed E-state index contributed by atoms with van der Waals surface area (Å²) in [6.07, 6.45) is 3.44. The van der Waals surface area contributed by atoms with Crippen LogP contribution in [-0.2, 0) is 6.61 Å². The average molecular weight is 464 g/mol. The Bertz CT molecular complexity index is 1220. The minimum atomic E-state index is -0.364. The molecule has 0 saturated carbocycles. The number of ether oxygens (including phenoxy) is 3. The zero-order valence-corrected chi connectivity index (χ0v) is 18.9. The molecule has 0 unspecified atom stereocenters. The maximum Gasteiger partial charge on any atom is 0.256 e. The number of halogens is 1. The first-order chi connectivity index (χ1) is 16.1. The normalized spacial score (nSPS) is 10.5. The lowest BCUT2D eigenvalue weighted by atomic mass is 10.1. The van der Waals surface area contributed by atoms with Crippen LogP contribution in [0.25, 0.3) is 5.69 Å². The average Bonchev–Trinajstić information content (AvgIpc) is 3.37. The summed E-state index contributed by atoms with van der Waals surface area (Å²) in [4.78, 5) is 13.1. The van der Waals surface area contributed by atoms with Gasteiger partial charge in [0.15, 0.2) is 11.5 Å². The van der Waals surface area contributed by atoms with Crippen molar-refractivity contribution in [1.82, 2.24) is 9.78 Å². The second-order valence-corrected chi connectivity index (χ2v) is 7.49. The van der Waals surface area contributed by atoms with Gasteiger partial charge in [-0.25, -0.2) is 4.68 Å². The number of benzene rings is 3. The Morgan fingerprint density at radius 1 is 1.00 bits per heavy atom. The Hall–Kier alpha value is -3.97. The third-order valence-electron chi connectivity index (χ3n) is 4.91. The van der Waals surface area contributed by atoms with E-state index in [4.69, 9.17) is 25.8 Å². The molecule has 1 heterocycles. The first-order valence-corrected chi connectivity index (χ1v) is 10.5. The van der Waals surface area contributed by atoms with E-state index in [-0.39, 0.29) is 5.91 Å². The number of amides is 1. The molecule has 0 spiro atoms. The van der Waals surface area contributed by atoms with Crippen LogP contribution in [0.4, 0.5) is 5.69 Å². The molecular formula is C25H22ClN3O4. The van der Waals surface area contributed by atoms with Crippen LogP contribution in [0.2, 0.25) is 5.02 Å². The van der Waals surface area contributed by atoms with E-state index >= 15 is 0 Å². The molecule has 33 heavy (non-hydrogen) atoms. The fourth-order valence-corrected chi connectivity index (χ4v) is 3.47. The molecule has 4 aromatic rings. The van der Waals surface area contributed by atoms with Crippen LogP contribution in [0.5, 0.6) is 17.2 Å². The number of carbonyl (C=O) groups excluding carboxylic acids is 1. The highest BCUT2D eigenvalue weighted by Gasteiger charge is 2.19. The lowest BCUT2D eigenvalue weighted by Crippen LogP contribution is -2.15.